The van der Waals surface area contributed by atoms with E-state index in [-0.39, 0.29) is 11.4 Å². The molecule has 0 amide bonds. The third-order valence-electron chi connectivity index (χ3n) is 2.99. The molecule has 0 aliphatic rings. The number of aromatic nitrogens is 1. The lowest BCUT2D eigenvalue weighted by molar-refractivity contribution is 0.466. The standard InChI is InChI=1S/C14H15FN2O2S/c1-11-9-13(3-4-14(11)15)20(18,19)17(2)10-12-5-7-16-8-6-12/h3-9H,10H2,1-2H3. The topological polar surface area (TPSA) is 50.3 Å². The van der Waals surface area contributed by atoms with Gasteiger partial charge < -0.3 is 0 Å². The van der Waals surface area contributed by atoms with Gasteiger partial charge in [-0.1, -0.05) is 0 Å². The fourth-order valence-electron chi connectivity index (χ4n) is 1.79. The lowest BCUT2D eigenvalue weighted by Crippen LogP contribution is -2.26. The lowest BCUT2D eigenvalue weighted by atomic mass is 10.2. The summed E-state index contributed by atoms with van der Waals surface area (Å²) < 4.78 is 39.2. The Labute approximate surface area is 117 Å². The molecule has 106 valence electrons. The van der Waals surface area contributed by atoms with Gasteiger partial charge in [0.1, 0.15) is 5.82 Å². The van der Waals surface area contributed by atoms with Crippen LogP contribution < -0.4 is 0 Å². The minimum atomic E-state index is -3.63. The first-order valence-corrected chi connectivity index (χ1v) is 7.46. The van der Waals surface area contributed by atoms with Gasteiger partial charge in [-0.3, -0.25) is 4.98 Å². The van der Waals surface area contributed by atoms with Crippen molar-refractivity contribution in [3.05, 3.63) is 59.7 Å². The Bertz CT molecular complexity index is 702. The van der Waals surface area contributed by atoms with E-state index in [1.165, 1.54) is 36.5 Å². The molecule has 1 aromatic carbocycles. The fourth-order valence-corrected chi connectivity index (χ4v) is 3.03. The summed E-state index contributed by atoms with van der Waals surface area (Å²) in [6.45, 7) is 1.78. The minimum absolute atomic E-state index is 0.0907. The second kappa shape index (κ2) is 5.68. The molecule has 0 atom stereocenters. The van der Waals surface area contributed by atoms with E-state index in [1.54, 1.807) is 24.5 Å². The van der Waals surface area contributed by atoms with Crippen molar-refractivity contribution in [2.24, 2.45) is 0 Å². The number of nitrogens with zero attached hydrogens (tertiary/aromatic N) is 2. The van der Waals surface area contributed by atoms with Crippen molar-refractivity contribution in [1.82, 2.24) is 9.29 Å². The van der Waals surface area contributed by atoms with Crippen LogP contribution in [0.15, 0.2) is 47.6 Å². The number of sulfonamides is 1. The van der Waals surface area contributed by atoms with Crippen LogP contribution >= 0.6 is 0 Å². The highest BCUT2D eigenvalue weighted by atomic mass is 32.2. The molecule has 0 aliphatic carbocycles. The van der Waals surface area contributed by atoms with Gasteiger partial charge in [-0.05, 0) is 48.4 Å². The van der Waals surface area contributed by atoms with Crippen molar-refractivity contribution in [1.29, 1.82) is 0 Å². The van der Waals surface area contributed by atoms with Crippen LogP contribution in [0.25, 0.3) is 0 Å². The van der Waals surface area contributed by atoms with Crippen LogP contribution in [0.3, 0.4) is 0 Å². The molecule has 20 heavy (non-hydrogen) atoms. The number of hydrogen-bond donors (Lipinski definition) is 0. The summed E-state index contributed by atoms with van der Waals surface area (Å²) in [6.07, 6.45) is 3.22. The molecule has 1 aromatic heterocycles. The zero-order valence-corrected chi connectivity index (χ0v) is 12.1. The molecule has 1 heterocycles. The number of aryl methyl sites for hydroxylation is 1. The Morgan fingerprint density at radius 2 is 1.85 bits per heavy atom. The molecule has 0 radical (unpaired) electrons. The van der Waals surface area contributed by atoms with Crippen molar-refractivity contribution in [3.63, 3.8) is 0 Å². The summed E-state index contributed by atoms with van der Waals surface area (Å²) in [5, 5.41) is 0. The first kappa shape index (κ1) is 14.6. The maximum atomic E-state index is 13.2. The number of hydrogen-bond acceptors (Lipinski definition) is 3. The smallest absolute Gasteiger partial charge is 0.243 e. The summed E-state index contributed by atoms with van der Waals surface area (Å²) in [4.78, 5) is 3.98. The molecular weight excluding hydrogens is 279 g/mol. The van der Waals surface area contributed by atoms with Crippen LogP contribution in [-0.2, 0) is 16.6 Å². The van der Waals surface area contributed by atoms with Gasteiger partial charge in [0, 0.05) is 26.0 Å². The monoisotopic (exact) mass is 294 g/mol. The second-order valence-corrected chi connectivity index (χ2v) is 6.57. The molecule has 6 heteroatoms. The minimum Gasteiger partial charge on any atom is -0.265 e. The summed E-state index contributed by atoms with van der Waals surface area (Å²) in [6, 6.07) is 7.29. The molecule has 0 saturated carbocycles. The van der Waals surface area contributed by atoms with E-state index in [0.29, 0.717) is 5.56 Å². The second-order valence-electron chi connectivity index (χ2n) is 4.53. The molecule has 2 aromatic rings. The molecule has 0 spiro atoms. The molecule has 0 saturated heterocycles. The highest BCUT2D eigenvalue weighted by Gasteiger charge is 2.21. The van der Waals surface area contributed by atoms with Gasteiger partial charge in [-0.2, -0.15) is 4.31 Å². The Kier molecular flexibility index (Phi) is 4.15. The van der Waals surface area contributed by atoms with E-state index in [9.17, 15) is 12.8 Å². The third-order valence-corrected chi connectivity index (χ3v) is 4.79. The van der Waals surface area contributed by atoms with Crippen molar-refractivity contribution in [3.8, 4) is 0 Å². The van der Waals surface area contributed by atoms with Crippen LogP contribution in [0.5, 0.6) is 0 Å². The van der Waals surface area contributed by atoms with E-state index in [1.807, 2.05) is 0 Å². The van der Waals surface area contributed by atoms with Gasteiger partial charge in [0.2, 0.25) is 10.0 Å². The molecule has 0 unspecified atom stereocenters. The zero-order chi connectivity index (χ0) is 14.8. The largest absolute Gasteiger partial charge is 0.265 e. The summed E-state index contributed by atoms with van der Waals surface area (Å²) in [5.41, 5.74) is 1.15. The van der Waals surface area contributed by atoms with Gasteiger partial charge in [0.05, 0.1) is 4.90 Å². The zero-order valence-electron chi connectivity index (χ0n) is 11.2. The average molecular weight is 294 g/mol. The van der Waals surface area contributed by atoms with Crippen molar-refractivity contribution in [2.75, 3.05) is 7.05 Å². The molecule has 0 aliphatic heterocycles. The van der Waals surface area contributed by atoms with Crippen molar-refractivity contribution < 1.29 is 12.8 Å². The van der Waals surface area contributed by atoms with Crippen LogP contribution in [0.1, 0.15) is 11.1 Å². The summed E-state index contributed by atoms with van der Waals surface area (Å²) >= 11 is 0. The summed E-state index contributed by atoms with van der Waals surface area (Å²) in [7, 11) is -2.14. The number of pyridine rings is 1. The first-order chi connectivity index (χ1) is 9.41. The Hall–Kier alpha value is -1.79. The highest BCUT2D eigenvalue weighted by molar-refractivity contribution is 7.89. The van der Waals surface area contributed by atoms with Crippen LogP contribution in [0.2, 0.25) is 0 Å². The Morgan fingerprint density at radius 1 is 1.20 bits per heavy atom. The maximum absolute atomic E-state index is 13.2. The highest BCUT2D eigenvalue weighted by Crippen LogP contribution is 2.19. The van der Waals surface area contributed by atoms with E-state index < -0.39 is 15.8 Å². The van der Waals surface area contributed by atoms with Crippen LogP contribution in [0, 0.1) is 12.7 Å². The first-order valence-electron chi connectivity index (χ1n) is 6.02. The van der Waals surface area contributed by atoms with Gasteiger partial charge in [0.15, 0.2) is 0 Å². The third kappa shape index (κ3) is 3.02. The van der Waals surface area contributed by atoms with Crippen LogP contribution in [0.4, 0.5) is 4.39 Å². The summed E-state index contributed by atoms with van der Waals surface area (Å²) in [5.74, 6) is -0.416. The van der Waals surface area contributed by atoms with Gasteiger partial charge >= 0.3 is 0 Å². The van der Waals surface area contributed by atoms with E-state index >= 15 is 0 Å². The predicted molar refractivity (Wildman–Crippen MR) is 74.0 cm³/mol. The van der Waals surface area contributed by atoms with Crippen molar-refractivity contribution in [2.45, 2.75) is 18.4 Å². The molecule has 4 nitrogen and oxygen atoms in total. The predicted octanol–water partition coefficient (Wildman–Crippen LogP) is 2.35. The van der Waals surface area contributed by atoms with E-state index in [2.05, 4.69) is 4.98 Å². The van der Waals surface area contributed by atoms with Crippen molar-refractivity contribution >= 4 is 10.0 Å². The van der Waals surface area contributed by atoms with Gasteiger partial charge in [-0.15, -0.1) is 0 Å². The lowest BCUT2D eigenvalue weighted by Gasteiger charge is -2.17. The van der Waals surface area contributed by atoms with E-state index in [0.717, 1.165) is 5.56 Å². The average Bonchev–Trinajstić information content (AvgIpc) is 2.42. The van der Waals surface area contributed by atoms with Gasteiger partial charge in [-0.25, -0.2) is 12.8 Å². The fraction of sp³-hybridized carbons (Fsp3) is 0.214. The molecule has 0 bridgehead atoms. The normalized spacial score (nSPS) is 11.8. The number of benzene rings is 1. The molecule has 0 fully saturated rings. The maximum Gasteiger partial charge on any atom is 0.243 e. The molecule has 0 N–H and O–H groups in total. The number of halogens is 1. The van der Waals surface area contributed by atoms with Gasteiger partial charge in [0.25, 0.3) is 0 Å². The SMILES string of the molecule is Cc1cc(S(=O)(=O)N(C)Cc2ccncc2)ccc1F. The quantitative estimate of drug-likeness (QED) is 0.869. The Morgan fingerprint density at radius 3 is 2.45 bits per heavy atom. The molecule has 2 rings (SSSR count). The number of rotatable bonds is 4. The molecular formula is C14H15FN2O2S. The van der Waals surface area contributed by atoms with Crippen LogP contribution in [-0.4, -0.2) is 24.8 Å². The Balaban J connectivity index is 2.27. The van der Waals surface area contributed by atoms with E-state index in [4.69, 9.17) is 0 Å².